The number of rotatable bonds is 5. The normalized spacial score (nSPS) is 12.4. The molecule has 0 atom stereocenters. The van der Waals surface area contributed by atoms with Gasteiger partial charge in [0.1, 0.15) is 6.26 Å². The third-order valence-electron chi connectivity index (χ3n) is 3.86. The summed E-state index contributed by atoms with van der Waals surface area (Å²) in [5, 5.41) is 1.93. The molecule has 0 spiro atoms. The van der Waals surface area contributed by atoms with Crippen molar-refractivity contribution in [2.24, 2.45) is 0 Å². The van der Waals surface area contributed by atoms with Gasteiger partial charge in [-0.25, -0.2) is 13.4 Å². The highest BCUT2D eigenvalue weighted by Crippen LogP contribution is 2.25. The van der Waals surface area contributed by atoms with Gasteiger partial charge in [0.25, 0.3) is 0 Å². The van der Waals surface area contributed by atoms with Gasteiger partial charge in [-0.3, -0.25) is 0 Å². The lowest BCUT2D eigenvalue weighted by atomic mass is 9.87. The summed E-state index contributed by atoms with van der Waals surface area (Å²) in [4.78, 5) is 5.18. The number of hydrogen-bond donors (Lipinski definition) is 0. The van der Waals surface area contributed by atoms with E-state index in [1.165, 1.54) is 23.2 Å². The maximum Gasteiger partial charge on any atom is 0.236 e. The molecule has 0 N–H and O–H groups in total. The molecule has 132 valence electrons. The number of thiophene rings is 1. The van der Waals surface area contributed by atoms with Gasteiger partial charge in [-0.2, -0.15) is 0 Å². The van der Waals surface area contributed by atoms with Gasteiger partial charge < -0.3 is 4.42 Å². The Morgan fingerprint density at radius 3 is 2.40 bits per heavy atom. The maximum atomic E-state index is 12.5. The molecule has 0 fully saturated rings. The van der Waals surface area contributed by atoms with Crippen LogP contribution in [-0.2, 0) is 26.8 Å². The molecule has 3 aromatic rings. The quantitative estimate of drug-likeness (QED) is 0.642. The van der Waals surface area contributed by atoms with Crippen molar-refractivity contribution in [1.82, 2.24) is 4.98 Å². The highest BCUT2D eigenvalue weighted by Gasteiger charge is 2.18. The van der Waals surface area contributed by atoms with Gasteiger partial charge in [-0.15, -0.1) is 11.3 Å². The Labute approximate surface area is 152 Å². The van der Waals surface area contributed by atoms with Crippen molar-refractivity contribution in [2.75, 3.05) is 0 Å². The zero-order valence-electron chi connectivity index (χ0n) is 14.5. The van der Waals surface area contributed by atoms with Crippen LogP contribution < -0.4 is 0 Å². The van der Waals surface area contributed by atoms with E-state index in [0.29, 0.717) is 11.6 Å². The third-order valence-corrected chi connectivity index (χ3v) is 6.22. The van der Waals surface area contributed by atoms with Crippen LogP contribution in [0.25, 0.3) is 10.8 Å². The fourth-order valence-electron chi connectivity index (χ4n) is 2.52. The van der Waals surface area contributed by atoms with Crippen LogP contribution in [0.3, 0.4) is 0 Å². The molecule has 0 aliphatic rings. The Balaban J connectivity index is 1.70. The number of aromatic nitrogens is 1. The van der Waals surface area contributed by atoms with Gasteiger partial charge in [-0.05, 0) is 28.0 Å². The van der Waals surface area contributed by atoms with E-state index >= 15 is 0 Å². The number of sulfone groups is 1. The largest absolute Gasteiger partial charge is 0.444 e. The molecule has 2 heterocycles. The summed E-state index contributed by atoms with van der Waals surface area (Å²) in [6, 6.07) is 11.6. The molecule has 0 radical (unpaired) electrons. The van der Waals surface area contributed by atoms with Crippen molar-refractivity contribution < 1.29 is 12.8 Å². The van der Waals surface area contributed by atoms with E-state index in [2.05, 4.69) is 25.8 Å². The molecule has 0 saturated carbocycles. The van der Waals surface area contributed by atoms with Crippen LogP contribution in [0.2, 0.25) is 0 Å². The molecule has 0 bridgehead atoms. The Morgan fingerprint density at radius 2 is 1.80 bits per heavy atom. The number of nitrogens with zero attached hydrogens (tertiary/aromatic N) is 1. The van der Waals surface area contributed by atoms with Crippen molar-refractivity contribution in [1.29, 1.82) is 0 Å². The third kappa shape index (κ3) is 4.58. The molecule has 25 heavy (non-hydrogen) atoms. The number of oxazole rings is 1. The first-order chi connectivity index (χ1) is 11.7. The van der Waals surface area contributed by atoms with Crippen LogP contribution in [0.5, 0.6) is 0 Å². The second-order valence-corrected chi connectivity index (χ2v) is 10.1. The van der Waals surface area contributed by atoms with E-state index < -0.39 is 9.84 Å². The summed E-state index contributed by atoms with van der Waals surface area (Å²) in [7, 11) is -3.31. The SMILES string of the molecule is CC(C)(C)c1ccc(CS(=O)(=O)Cc2coc(-c3cccs3)n2)cc1. The van der Waals surface area contributed by atoms with Crippen LogP contribution in [0.15, 0.2) is 52.5 Å². The van der Waals surface area contributed by atoms with Gasteiger partial charge in [0.2, 0.25) is 5.89 Å². The molecule has 0 unspecified atom stereocenters. The molecule has 0 aliphatic carbocycles. The fourth-order valence-corrected chi connectivity index (χ4v) is 4.56. The number of benzene rings is 1. The van der Waals surface area contributed by atoms with E-state index in [0.717, 1.165) is 10.4 Å². The number of hydrogen-bond acceptors (Lipinski definition) is 5. The van der Waals surface area contributed by atoms with Gasteiger partial charge in [-0.1, -0.05) is 51.1 Å². The Bertz CT molecular complexity index is 931. The molecule has 4 nitrogen and oxygen atoms in total. The summed E-state index contributed by atoms with van der Waals surface area (Å²) in [5.74, 6) is 0.344. The smallest absolute Gasteiger partial charge is 0.236 e. The first-order valence-corrected chi connectivity index (χ1v) is 10.7. The minimum atomic E-state index is -3.31. The van der Waals surface area contributed by atoms with Crippen molar-refractivity contribution in [3.63, 3.8) is 0 Å². The molecule has 1 aromatic carbocycles. The summed E-state index contributed by atoms with van der Waals surface area (Å²) in [6.45, 7) is 6.40. The zero-order valence-corrected chi connectivity index (χ0v) is 16.2. The minimum absolute atomic E-state index is 0.00137. The zero-order chi connectivity index (χ0) is 18.1. The van der Waals surface area contributed by atoms with Gasteiger partial charge in [0.15, 0.2) is 9.84 Å². The highest BCUT2D eigenvalue weighted by molar-refractivity contribution is 7.89. The first kappa shape index (κ1) is 17.9. The van der Waals surface area contributed by atoms with E-state index in [1.54, 1.807) is 0 Å². The second kappa shape index (κ2) is 6.77. The van der Waals surface area contributed by atoms with E-state index in [-0.39, 0.29) is 16.9 Å². The minimum Gasteiger partial charge on any atom is -0.444 e. The van der Waals surface area contributed by atoms with Crippen LogP contribution >= 0.6 is 11.3 Å². The molecule has 0 aliphatic heterocycles. The van der Waals surface area contributed by atoms with Crippen LogP contribution in [-0.4, -0.2) is 13.4 Å². The highest BCUT2D eigenvalue weighted by atomic mass is 32.2. The predicted octanol–water partition coefficient (Wildman–Crippen LogP) is 4.82. The Kier molecular flexibility index (Phi) is 4.84. The molecule has 3 rings (SSSR count). The molecular weight excluding hydrogens is 354 g/mol. The van der Waals surface area contributed by atoms with E-state index in [4.69, 9.17) is 4.42 Å². The van der Waals surface area contributed by atoms with Gasteiger partial charge in [0, 0.05) is 0 Å². The first-order valence-electron chi connectivity index (χ1n) is 8.01. The second-order valence-electron chi connectivity index (χ2n) is 7.10. The van der Waals surface area contributed by atoms with Crippen molar-refractivity contribution in [3.8, 4) is 10.8 Å². The van der Waals surface area contributed by atoms with Crippen LogP contribution in [0.4, 0.5) is 0 Å². The summed E-state index contributed by atoms with van der Waals surface area (Å²) in [6.07, 6.45) is 1.43. The lowest BCUT2D eigenvalue weighted by molar-refractivity contribution is 0.573. The summed E-state index contributed by atoms with van der Waals surface area (Å²) >= 11 is 1.51. The standard InChI is InChI=1S/C19H21NO3S2/c1-19(2,3)15-8-6-14(7-9-15)12-25(21,22)13-16-11-23-18(20-16)17-5-4-10-24-17/h4-11H,12-13H2,1-3H3. The van der Waals surface area contributed by atoms with Crippen LogP contribution in [0, 0.1) is 0 Å². The lowest BCUT2D eigenvalue weighted by Crippen LogP contribution is -2.11. The average molecular weight is 376 g/mol. The van der Waals surface area contributed by atoms with Gasteiger partial charge in [0.05, 0.1) is 22.1 Å². The monoisotopic (exact) mass is 375 g/mol. The van der Waals surface area contributed by atoms with Crippen molar-refractivity contribution >= 4 is 21.2 Å². The molecular formula is C19H21NO3S2. The topological polar surface area (TPSA) is 60.2 Å². The Morgan fingerprint density at radius 1 is 1.08 bits per heavy atom. The van der Waals surface area contributed by atoms with Crippen molar-refractivity contribution in [3.05, 3.63) is 64.9 Å². The maximum absolute atomic E-state index is 12.5. The summed E-state index contributed by atoms with van der Waals surface area (Å²) in [5.41, 5.74) is 2.46. The lowest BCUT2D eigenvalue weighted by Gasteiger charge is -2.19. The van der Waals surface area contributed by atoms with E-state index in [9.17, 15) is 8.42 Å². The summed E-state index contributed by atoms with van der Waals surface area (Å²) < 4.78 is 30.3. The van der Waals surface area contributed by atoms with Crippen LogP contribution in [0.1, 0.15) is 37.6 Å². The van der Waals surface area contributed by atoms with Gasteiger partial charge >= 0.3 is 0 Å². The predicted molar refractivity (Wildman–Crippen MR) is 101 cm³/mol. The molecule has 2 aromatic heterocycles. The molecule has 0 amide bonds. The van der Waals surface area contributed by atoms with E-state index in [1.807, 2.05) is 41.8 Å². The average Bonchev–Trinajstić information content (AvgIpc) is 3.16. The molecule has 0 saturated heterocycles. The fraction of sp³-hybridized carbons (Fsp3) is 0.316. The van der Waals surface area contributed by atoms with Crippen molar-refractivity contribution in [2.45, 2.75) is 37.7 Å². The molecule has 6 heteroatoms. The Hall–Kier alpha value is -1.92.